The number of benzene rings is 1. The van der Waals surface area contributed by atoms with Gasteiger partial charge in [0, 0.05) is 37.4 Å². The number of methoxy groups -OCH3 is 1. The Labute approximate surface area is 146 Å². The molecular weight excluding hydrogens is 329 g/mol. The highest BCUT2D eigenvalue weighted by Gasteiger charge is 2.21. The second-order valence-corrected chi connectivity index (χ2v) is 6.25. The van der Waals surface area contributed by atoms with Gasteiger partial charge in [-0.3, -0.25) is 0 Å². The fraction of sp³-hybridized carbons (Fsp3) is 0.389. The normalized spacial score (nSPS) is 15.5. The molecule has 24 heavy (non-hydrogen) atoms. The molecule has 0 unspecified atom stereocenters. The van der Waals surface area contributed by atoms with E-state index in [4.69, 9.17) is 16.3 Å². The third kappa shape index (κ3) is 3.79. The molecule has 1 N–H and O–H groups in total. The van der Waals surface area contributed by atoms with Gasteiger partial charge >= 0.3 is 0 Å². The minimum Gasteiger partial charge on any atom is -0.495 e. The predicted molar refractivity (Wildman–Crippen MR) is 94.3 cm³/mol. The molecular formula is C18H21ClFN3O. The molecule has 1 aliphatic rings. The molecule has 2 aromatic rings. The summed E-state index contributed by atoms with van der Waals surface area (Å²) in [5.41, 5.74) is 1.69. The number of anilines is 1. The van der Waals surface area contributed by atoms with Crippen molar-refractivity contribution in [2.24, 2.45) is 0 Å². The molecule has 0 bridgehead atoms. The topological polar surface area (TPSA) is 37.4 Å². The van der Waals surface area contributed by atoms with Crippen LogP contribution in [0.2, 0.25) is 5.15 Å². The Morgan fingerprint density at radius 1 is 1.29 bits per heavy atom. The van der Waals surface area contributed by atoms with Crippen LogP contribution in [0.5, 0.6) is 5.75 Å². The number of para-hydroxylation sites is 2. The molecule has 1 saturated heterocycles. The fourth-order valence-corrected chi connectivity index (χ4v) is 3.24. The van der Waals surface area contributed by atoms with Crippen LogP contribution in [0.25, 0.3) is 0 Å². The Balaban J connectivity index is 1.55. The monoisotopic (exact) mass is 349 g/mol. The van der Waals surface area contributed by atoms with E-state index in [1.807, 2.05) is 18.2 Å². The number of ether oxygens (including phenoxy) is 1. The van der Waals surface area contributed by atoms with Crippen LogP contribution < -0.4 is 15.0 Å². The predicted octanol–water partition coefficient (Wildman–Crippen LogP) is 3.64. The number of piperidine rings is 1. The summed E-state index contributed by atoms with van der Waals surface area (Å²) in [6.45, 7) is 2.35. The van der Waals surface area contributed by atoms with Crippen molar-refractivity contribution < 1.29 is 9.13 Å². The maximum absolute atomic E-state index is 13.9. The minimum absolute atomic E-state index is 0.0692. The molecule has 1 fully saturated rings. The molecule has 0 spiro atoms. The smallest absolute Gasteiger partial charge is 0.165 e. The Morgan fingerprint density at radius 2 is 2.04 bits per heavy atom. The molecule has 0 saturated carbocycles. The average Bonchev–Trinajstić information content (AvgIpc) is 2.63. The summed E-state index contributed by atoms with van der Waals surface area (Å²) in [6.07, 6.45) is 3.53. The standard InChI is InChI=1S/C18H21ClFN3O/c1-24-16-5-3-2-4-15(16)23-10-7-14(8-11-23)22-12-13-6-9-21-18(19)17(13)20/h2-6,9,14,22H,7-8,10-12H2,1H3. The summed E-state index contributed by atoms with van der Waals surface area (Å²) in [5, 5.41) is 3.35. The Hall–Kier alpha value is -1.85. The SMILES string of the molecule is COc1ccccc1N1CCC(NCc2ccnc(Cl)c2F)CC1. The van der Waals surface area contributed by atoms with Crippen molar-refractivity contribution in [3.63, 3.8) is 0 Å². The highest BCUT2D eigenvalue weighted by atomic mass is 35.5. The number of pyridine rings is 1. The van der Waals surface area contributed by atoms with Crippen LogP contribution in [0.15, 0.2) is 36.5 Å². The van der Waals surface area contributed by atoms with Crippen molar-refractivity contribution in [2.45, 2.75) is 25.4 Å². The van der Waals surface area contributed by atoms with Crippen LogP contribution in [0, 0.1) is 5.82 Å². The number of aromatic nitrogens is 1. The number of halogens is 2. The van der Waals surface area contributed by atoms with Gasteiger partial charge in [0.05, 0.1) is 12.8 Å². The first-order chi connectivity index (χ1) is 11.7. The van der Waals surface area contributed by atoms with Crippen LogP contribution in [0.3, 0.4) is 0 Å². The zero-order valence-corrected chi connectivity index (χ0v) is 14.4. The van der Waals surface area contributed by atoms with E-state index in [1.54, 1.807) is 13.2 Å². The van der Waals surface area contributed by atoms with E-state index in [1.165, 1.54) is 6.20 Å². The van der Waals surface area contributed by atoms with Crippen LogP contribution in [0.4, 0.5) is 10.1 Å². The van der Waals surface area contributed by atoms with Gasteiger partial charge < -0.3 is 15.0 Å². The van der Waals surface area contributed by atoms with Gasteiger partial charge in [-0.25, -0.2) is 9.37 Å². The lowest BCUT2D eigenvalue weighted by Gasteiger charge is -2.34. The number of rotatable bonds is 5. The third-order valence-corrected chi connectivity index (χ3v) is 4.69. The van der Waals surface area contributed by atoms with E-state index in [0.29, 0.717) is 18.2 Å². The minimum atomic E-state index is -0.432. The highest BCUT2D eigenvalue weighted by Crippen LogP contribution is 2.30. The van der Waals surface area contributed by atoms with Crippen LogP contribution in [0.1, 0.15) is 18.4 Å². The van der Waals surface area contributed by atoms with E-state index in [2.05, 4.69) is 21.3 Å². The molecule has 1 aliphatic heterocycles. The summed E-state index contributed by atoms with van der Waals surface area (Å²) in [5.74, 6) is 0.468. The van der Waals surface area contributed by atoms with Crippen LogP contribution in [-0.2, 0) is 6.54 Å². The molecule has 3 rings (SSSR count). The second kappa shape index (κ2) is 7.81. The Bertz CT molecular complexity index is 690. The molecule has 1 aromatic heterocycles. The molecule has 6 heteroatoms. The molecule has 0 radical (unpaired) electrons. The van der Waals surface area contributed by atoms with Crippen LogP contribution in [-0.4, -0.2) is 31.2 Å². The summed E-state index contributed by atoms with van der Waals surface area (Å²) in [7, 11) is 1.70. The summed E-state index contributed by atoms with van der Waals surface area (Å²) >= 11 is 5.72. The first-order valence-electron chi connectivity index (χ1n) is 8.09. The van der Waals surface area contributed by atoms with E-state index < -0.39 is 5.82 Å². The van der Waals surface area contributed by atoms with E-state index in [9.17, 15) is 4.39 Å². The number of hydrogen-bond acceptors (Lipinski definition) is 4. The van der Waals surface area contributed by atoms with Gasteiger partial charge in [-0.15, -0.1) is 0 Å². The number of nitrogens with one attached hydrogen (secondary N) is 1. The zero-order chi connectivity index (χ0) is 16.9. The van der Waals surface area contributed by atoms with Crippen molar-refractivity contribution in [3.05, 3.63) is 53.1 Å². The van der Waals surface area contributed by atoms with Crippen molar-refractivity contribution in [3.8, 4) is 5.75 Å². The fourth-order valence-electron chi connectivity index (χ4n) is 3.06. The van der Waals surface area contributed by atoms with Gasteiger partial charge in [-0.05, 0) is 31.0 Å². The van der Waals surface area contributed by atoms with Crippen molar-refractivity contribution >= 4 is 17.3 Å². The van der Waals surface area contributed by atoms with Crippen molar-refractivity contribution in [1.29, 1.82) is 0 Å². The van der Waals surface area contributed by atoms with E-state index >= 15 is 0 Å². The molecule has 1 aromatic carbocycles. The Morgan fingerprint density at radius 3 is 2.79 bits per heavy atom. The molecule has 0 atom stereocenters. The van der Waals surface area contributed by atoms with Gasteiger partial charge in [0.1, 0.15) is 5.75 Å². The van der Waals surface area contributed by atoms with Gasteiger partial charge in [0.15, 0.2) is 11.0 Å². The first-order valence-corrected chi connectivity index (χ1v) is 8.47. The van der Waals surface area contributed by atoms with Crippen molar-refractivity contribution in [1.82, 2.24) is 10.3 Å². The lowest BCUT2D eigenvalue weighted by molar-refractivity contribution is 0.396. The molecule has 128 valence electrons. The third-order valence-electron chi connectivity index (χ3n) is 4.43. The zero-order valence-electron chi connectivity index (χ0n) is 13.6. The van der Waals surface area contributed by atoms with Gasteiger partial charge in [0.2, 0.25) is 0 Å². The van der Waals surface area contributed by atoms with Crippen molar-refractivity contribution in [2.75, 3.05) is 25.1 Å². The van der Waals surface area contributed by atoms with Gasteiger partial charge in [-0.1, -0.05) is 23.7 Å². The lowest BCUT2D eigenvalue weighted by Crippen LogP contribution is -2.42. The van der Waals surface area contributed by atoms with Gasteiger partial charge in [0.25, 0.3) is 0 Å². The number of nitrogens with zero attached hydrogens (tertiary/aromatic N) is 2. The van der Waals surface area contributed by atoms with E-state index in [-0.39, 0.29) is 5.15 Å². The van der Waals surface area contributed by atoms with Gasteiger partial charge in [-0.2, -0.15) is 0 Å². The largest absolute Gasteiger partial charge is 0.495 e. The molecule has 0 aliphatic carbocycles. The number of hydrogen-bond donors (Lipinski definition) is 1. The maximum Gasteiger partial charge on any atom is 0.165 e. The molecule has 4 nitrogen and oxygen atoms in total. The molecule has 0 amide bonds. The summed E-state index contributed by atoms with van der Waals surface area (Å²) in [6, 6.07) is 10.1. The summed E-state index contributed by atoms with van der Waals surface area (Å²) in [4.78, 5) is 6.07. The molecule has 2 heterocycles. The summed E-state index contributed by atoms with van der Waals surface area (Å²) < 4.78 is 19.3. The Kier molecular flexibility index (Phi) is 5.53. The highest BCUT2D eigenvalue weighted by molar-refractivity contribution is 6.29. The first kappa shape index (κ1) is 17.0. The average molecular weight is 350 g/mol. The van der Waals surface area contributed by atoms with E-state index in [0.717, 1.165) is 37.4 Å². The lowest BCUT2D eigenvalue weighted by atomic mass is 10.0. The maximum atomic E-state index is 13.9. The quantitative estimate of drug-likeness (QED) is 0.836. The second-order valence-electron chi connectivity index (χ2n) is 5.89. The van der Waals surface area contributed by atoms with Crippen LogP contribution >= 0.6 is 11.6 Å².